The summed E-state index contributed by atoms with van der Waals surface area (Å²) in [6.45, 7) is 1.81. The van der Waals surface area contributed by atoms with E-state index < -0.39 is 0 Å². The molecule has 0 aromatic carbocycles. The van der Waals surface area contributed by atoms with Gasteiger partial charge in [-0.05, 0) is 18.5 Å². The second-order valence-corrected chi connectivity index (χ2v) is 3.24. The van der Waals surface area contributed by atoms with Crippen LogP contribution in [0, 0.1) is 0 Å². The van der Waals surface area contributed by atoms with E-state index >= 15 is 0 Å². The SMILES string of the molecule is [N-]=[N+]=NC1(CI)CCNC1. The molecular formula is C5H9IN4. The molecule has 0 aromatic heterocycles. The van der Waals surface area contributed by atoms with E-state index in [1.54, 1.807) is 0 Å². The maximum atomic E-state index is 8.25. The number of hydrogen-bond donors (Lipinski definition) is 1. The van der Waals surface area contributed by atoms with Gasteiger partial charge in [-0.1, -0.05) is 27.7 Å². The predicted octanol–water partition coefficient (Wildman–Crippen LogP) is 1.46. The fourth-order valence-electron chi connectivity index (χ4n) is 1.05. The van der Waals surface area contributed by atoms with Crippen molar-refractivity contribution < 1.29 is 0 Å². The molecule has 1 aliphatic heterocycles. The Morgan fingerprint density at radius 2 is 2.60 bits per heavy atom. The monoisotopic (exact) mass is 252 g/mol. The summed E-state index contributed by atoms with van der Waals surface area (Å²) in [6, 6.07) is 0. The van der Waals surface area contributed by atoms with Crippen LogP contribution in [-0.2, 0) is 0 Å². The van der Waals surface area contributed by atoms with Crippen LogP contribution < -0.4 is 5.32 Å². The predicted molar refractivity (Wildman–Crippen MR) is 48.3 cm³/mol. The lowest BCUT2D eigenvalue weighted by molar-refractivity contribution is 0.534. The van der Waals surface area contributed by atoms with Crippen LogP contribution in [0.15, 0.2) is 5.11 Å². The van der Waals surface area contributed by atoms with Gasteiger partial charge < -0.3 is 5.32 Å². The Bertz CT molecular complexity index is 157. The molecule has 1 N–H and O–H groups in total. The van der Waals surface area contributed by atoms with Gasteiger partial charge in [-0.15, -0.1) is 0 Å². The van der Waals surface area contributed by atoms with E-state index in [9.17, 15) is 0 Å². The summed E-state index contributed by atoms with van der Waals surface area (Å²) >= 11 is 2.26. The van der Waals surface area contributed by atoms with Gasteiger partial charge in [-0.2, -0.15) is 0 Å². The van der Waals surface area contributed by atoms with Crippen LogP contribution >= 0.6 is 22.6 Å². The summed E-state index contributed by atoms with van der Waals surface area (Å²) < 4.78 is 0.905. The third-order valence-electron chi connectivity index (χ3n) is 1.73. The lowest BCUT2D eigenvalue weighted by Crippen LogP contribution is -2.30. The minimum Gasteiger partial charge on any atom is -0.316 e. The highest BCUT2D eigenvalue weighted by atomic mass is 127. The first-order valence-electron chi connectivity index (χ1n) is 3.16. The first-order valence-corrected chi connectivity index (χ1v) is 4.68. The zero-order valence-electron chi connectivity index (χ0n) is 5.55. The summed E-state index contributed by atoms with van der Waals surface area (Å²) in [4.78, 5) is 2.84. The molecular weight excluding hydrogens is 243 g/mol. The normalized spacial score (nSPS) is 31.7. The highest BCUT2D eigenvalue weighted by Crippen LogP contribution is 2.22. The van der Waals surface area contributed by atoms with Gasteiger partial charge in [0.25, 0.3) is 0 Å². The third kappa shape index (κ3) is 1.53. The average molecular weight is 252 g/mol. The molecule has 1 heterocycles. The van der Waals surface area contributed by atoms with Gasteiger partial charge in [0, 0.05) is 15.9 Å². The number of alkyl halides is 1. The molecule has 0 aliphatic carbocycles. The molecule has 4 nitrogen and oxygen atoms in total. The van der Waals surface area contributed by atoms with Gasteiger partial charge in [0.15, 0.2) is 0 Å². The number of nitrogens with one attached hydrogen (secondary N) is 1. The van der Waals surface area contributed by atoms with Crippen molar-refractivity contribution in [3.8, 4) is 0 Å². The molecule has 0 amide bonds. The maximum absolute atomic E-state index is 8.25. The quantitative estimate of drug-likeness (QED) is 0.261. The number of hydrogen-bond acceptors (Lipinski definition) is 2. The minimum atomic E-state index is -0.130. The largest absolute Gasteiger partial charge is 0.316 e. The van der Waals surface area contributed by atoms with Crippen molar-refractivity contribution >= 4 is 22.6 Å². The third-order valence-corrected chi connectivity index (χ3v) is 3.15. The Hall–Kier alpha value is 0.0000000000000000347. The molecule has 0 bridgehead atoms. The molecule has 10 heavy (non-hydrogen) atoms. The number of rotatable bonds is 2. The lowest BCUT2D eigenvalue weighted by atomic mass is 10.0. The second kappa shape index (κ2) is 3.41. The zero-order valence-corrected chi connectivity index (χ0v) is 7.71. The first kappa shape index (κ1) is 8.10. The van der Waals surface area contributed by atoms with E-state index in [4.69, 9.17) is 5.53 Å². The average Bonchev–Trinajstić information content (AvgIpc) is 2.39. The molecule has 0 spiro atoms. The molecule has 5 heteroatoms. The van der Waals surface area contributed by atoms with Crippen LogP contribution in [0.25, 0.3) is 10.4 Å². The zero-order chi connectivity index (χ0) is 7.45. The Morgan fingerprint density at radius 1 is 1.80 bits per heavy atom. The van der Waals surface area contributed by atoms with Crippen molar-refractivity contribution in [3.05, 3.63) is 10.4 Å². The Morgan fingerprint density at radius 3 is 3.00 bits per heavy atom. The minimum absolute atomic E-state index is 0.130. The highest BCUT2D eigenvalue weighted by Gasteiger charge is 2.31. The number of nitrogens with zero attached hydrogens (tertiary/aromatic N) is 3. The molecule has 1 fully saturated rings. The van der Waals surface area contributed by atoms with Crippen molar-refractivity contribution in [3.63, 3.8) is 0 Å². The fourth-order valence-corrected chi connectivity index (χ4v) is 1.86. The second-order valence-electron chi connectivity index (χ2n) is 2.47. The van der Waals surface area contributed by atoms with E-state index in [0.717, 1.165) is 23.9 Å². The molecule has 56 valence electrons. The van der Waals surface area contributed by atoms with Crippen LogP contribution in [0.4, 0.5) is 0 Å². The molecule has 1 aliphatic rings. The standard InChI is InChI=1S/C5H9IN4/c6-3-5(9-10-7)1-2-8-4-5/h8H,1-4H2. The van der Waals surface area contributed by atoms with Gasteiger partial charge >= 0.3 is 0 Å². The first-order chi connectivity index (χ1) is 4.83. The summed E-state index contributed by atoms with van der Waals surface area (Å²) in [5.41, 5.74) is 8.12. The van der Waals surface area contributed by atoms with Gasteiger partial charge in [0.1, 0.15) is 0 Å². The van der Waals surface area contributed by atoms with Crippen LogP contribution in [0.2, 0.25) is 0 Å². The smallest absolute Gasteiger partial charge is 0.0713 e. The fraction of sp³-hybridized carbons (Fsp3) is 1.00. The van der Waals surface area contributed by atoms with Crippen LogP contribution in [0.5, 0.6) is 0 Å². The van der Waals surface area contributed by atoms with E-state index in [0.29, 0.717) is 0 Å². The van der Waals surface area contributed by atoms with E-state index in [1.807, 2.05) is 0 Å². The molecule has 1 unspecified atom stereocenters. The Labute approximate surface area is 73.1 Å². The Kier molecular flexibility index (Phi) is 2.76. The van der Waals surface area contributed by atoms with Crippen molar-refractivity contribution in [2.75, 3.05) is 17.5 Å². The molecule has 1 rings (SSSR count). The van der Waals surface area contributed by atoms with Gasteiger partial charge in [-0.3, -0.25) is 0 Å². The van der Waals surface area contributed by atoms with E-state index in [2.05, 4.69) is 37.9 Å². The van der Waals surface area contributed by atoms with Crippen LogP contribution in [-0.4, -0.2) is 23.1 Å². The van der Waals surface area contributed by atoms with Gasteiger partial charge in [0.2, 0.25) is 0 Å². The number of azide groups is 1. The van der Waals surface area contributed by atoms with Gasteiger partial charge in [-0.25, -0.2) is 0 Å². The summed E-state index contributed by atoms with van der Waals surface area (Å²) in [5.74, 6) is 0. The summed E-state index contributed by atoms with van der Waals surface area (Å²) in [6.07, 6.45) is 0.972. The van der Waals surface area contributed by atoms with Crippen molar-refractivity contribution in [1.82, 2.24) is 5.32 Å². The maximum Gasteiger partial charge on any atom is 0.0713 e. The molecule has 1 saturated heterocycles. The van der Waals surface area contributed by atoms with Gasteiger partial charge in [0.05, 0.1) is 5.54 Å². The molecule has 0 aromatic rings. The van der Waals surface area contributed by atoms with Crippen molar-refractivity contribution in [2.24, 2.45) is 5.11 Å². The van der Waals surface area contributed by atoms with E-state index in [1.165, 1.54) is 0 Å². The van der Waals surface area contributed by atoms with Crippen LogP contribution in [0.1, 0.15) is 6.42 Å². The highest BCUT2D eigenvalue weighted by molar-refractivity contribution is 14.1. The van der Waals surface area contributed by atoms with Crippen LogP contribution in [0.3, 0.4) is 0 Å². The summed E-state index contributed by atoms with van der Waals surface area (Å²) in [7, 11) is 0. The molecule has 1 atom stereocenters. The topological polar surface area (TPSA) is 60.8 Å². The van der Waals surface area contributed by atoms with Crippen molar-refractivity contribution in [1.29, 1.82) is 0 Å². The number of halogens is 1. The summed E-state index contributed by atoms with van der Waals surface area (Å²) in [5, 5.41) is 6.96. The molecule has 0 radical (unpaired) electrons. The van der Waals surface area contributed by atoms with E-state index in [-0.39, 0.29) is 5.54 Å². The molecule has 0 saturated carbocycles. The lowest BCUT2D eigenvalue weighted by Gasteiger charge is -2.16. The van der Waals surface area contributed by atoms with Crippen molar-refractivity contribution in [2.45, 2.75) is 12.0 Å². The Balaban J connectivity index is 2.66.